The molecule has 2 aromatic rings. The van der Waals surface area contributed by atoms with Crippen molar-refractivity contribution in [2.75, 3.05) is 0 Å². The van der Waals surface area contributed by atoms with Crippen LogP contribution < -0.4 is 4.74 Å². The highest BCUT2D eigenvalue weighted by atomic mass is 16.5. The highest BCUT2D eigenvalue weighted by Gasteiger charge is 2.23. The predicted octanol–water partition coefficient (Wildman–Crippen LogP) is 3.01. The van der Waals surface area contributed by atoms with Crippen LogP contribution in [0.2, 0.25) is 0 Å². The van der Waals surface area contributed by atoms with Crippen LogP contribution in [-0.4, -0.2) is 16.2 Å². The van der Waals surface area contributed by atoms with Gasteiger partial charge in [0.05, 0.1) is 11.8 Å². The van der Waals surface area contributed by atoms with E-state index in [1.807, 2.05) is 43.3 Å². The highest BCUT2D eigenvalue weighted by Crippen LogP contribution is 2.29. The molecule has 0 bridgehead atoms. The van der Waals surface area contributed by atoms with Gasteiger partial charge in [-0.25, -0.2) is 0 Å². The van der Waals surface area contributed by atoms with E-state index < -0.39 is 6.10 Å². The first kappa shape index (κ1) is 12.2. The molecule has 1 fully saturated rings. The minimum absolute atomic E-state index is 0.366. The summed E-state index contributed by atoms with van der Waals surface area (Å²) in [4.78, 5) is 4.27. The fourth-order valence-electron chi connectivity index (χ4n) is 1.95. The Balaban J connectivity index is 1.81. The Morgan fingerprint density at radius 2 is 2.11 bits per heavy atom. The second-order valence-electron chi connectivity index (χ2n) is 5.05. The smallest absolute Gasteiger partial charge is 0.121 e. The first-order chi connectivity index (χ1) is 9.22. The molecule has 1 atom stereocenters. The molecule has 98 valence electrons. The van der Waals surface area contributed by atoms with E-state index in [-0.39, 0.29) is 0 Å². The molecule has 0 aliphatic heterocycles. The zero-order valence-electron chi connectivity index (χ0n) is 10.9. The van der Waals surface area contributed by atoms with Crippen LogP contribution in [0.1, 0.15) is 35.8 Å². The second-order valence-corrected chi connectivity index (χ2v) is 5.05. The number of benzene rings is 1. The van der Waals surface area contributed by atoms with Crippen molar-refractivity contribution < 1.29 is 9.84 Å². The topological polar surface area (TPSA) is 42.4 Å². The Morgan fingerprint density at radius 1 is 1.26 bits per heavy atom. The third-order valence-electron chi connectivity index (χ3n) is 3.22. The Labute approximate surface area is 112 Å². The number of ether oxygens (including phenoxy) is 1. The van der Waals surface area contributed by atoms with Crippen LogP contribution in [0.25, 0.3) is 0 Å². The molecule has 1 aromatic carbocycles. The molecule has 3 heteroatoms. The lowest BCUT2D eigenvalue weighted by molar-refractivity contribution is 0.214. The third-order valence-corrected chi connectivity index (χ3v) is 3.22. The predicted molar refractivity (Wildman–Crippen MR) is 73.1 cm³/mol. The summed E-state index contributed by atoms with van der Waals surface area (Å²) in [6.07, 6.45) is 3.69. The van der Waals surface area contributed by atoms with E-state index in [1.165, 1.54) is 0 Å². The van der Waals surface area contributed by atoms with Crippen LogP contribution >= 0.6 is 0 Å². The van der Waals surface area contributed by atoms with Crippen LogP contribution in [0.5, 0.6) is 5.75 Å². The maximum Gasteiger partial charge on any atom is 0.121 e. The van der Waals surface area contributed by atoms with Gasteiger partial charge in [-0.15, -0.1) is 0 Å². The van der Waals surface area contributed by atoms with Crippen LogP contribution in [0, 0.1) is 6.92 Å². The number of aryl methyl sites for hydroxylation is 1. The van der Waals surface area contributed by atoms with Crippen molar-refractivity contribution >= 4 is 0 Å². The molecule has 1 unspecified atom stereocenters. The number of aliphatic hydroxyl groups is 1. The van der Waals surface area contributed by atoms with Crippen molar-refractivity contribution in [3.63, 3.8) is 0 Å². The number of rotatable bonds is 4. The van der Waals surface area contributed by atoms with E-state index in [4.69, 9.17) is 4.74 Å². The van der Waals surface area contributed by atoms with Gasteiger partial charge in [-0.2, -0.15) is 0 Å². The molecule has 1 aliphatic carbocycles. The van der Waals surface area contributed by atoms with Crippen molar-refractivity contribution in [3.8, 4) is 5.75 Å². The molecule has 1 aliphatic rings. The van der Waals surface area contributed by atoms with Crippen LogP contribution in [0.15, 0.2) is 42.6 Å². The van der Waals surface area contributed by atoms with E-state index in [1.54, 1.807) is 6.20 Å². The van der Waals surface area contributed by atoms with Gasteiger partial charge in [0, 0.05) is 6.20 Å². The molecule has 1 heterocycles. The van der Waals surface area contributed by atoms with Crippen molar-refractivity contribution in [3.05, 3.63) is 59.4 Å². The van der Waals surface area contributed by atoms with Crippen molar-refractivity contribution in [2.24, 2.45) is 0 Å². The lowest BCUT2D eigenvalue weighted by atomic mass is 10.1. The Bertz CT molecular complexity index is 561. The van der Waals surface area contributed by atoms with E-state index in [0.29, 0.717) is 11.8 Å². The van der Waals surface area contributed by atoms with Crippen molar-refractivity contribution in [2.45, 2.75) is 32.0 Å². The third kappa shape index (κ3) is 2.93. The van der Waals surface area contributed by atoms with Gasteiger partial charge in [-0.1, -0.05) is 18.2 Å². The Hall–Kier alpha value is -1.87. The molecule has 3 nitrogen and oxygen atoms in total. The minimum Gasteiger partial charge on any atom is -0.490 e. The molecule has 0 radical (unpaired) electrons. The fourth-order valence-corrected chi connectivity index (χ4v) is 1.95. The van der Waals surface area contributed by atoms with Gasteiger partial charge in [0.2, 0.25) is 0 Å². The molecular formula is C16H17NO2. The van der Waals surface area contributed by atoms with Gasteiger partial charge < -0.3 is 9.84 Å². The average molecular weight is 255 g/mol. The normalized spacial score (nSPS) is 16.1. The zero-order chi connectivity index (χ0) is 13.2. The summed E-state index contributed by atoms with van der Waals surface area (Å²) < 4.78 is 5.74. The van der Waals surface area contributed by atoms with Gasteiger partial charge in [0.1, 0.15) is 11.9 Å². The summed E-state index contributed by atoms with van der Waals surface area (Å²) in [7, 11) is 0. The van der Waals surface area contributed by atoms with Crippen LogP contribution in [0.4, 0.5) is 0 Å². The number of nitrogens with zero attached hydrogens (tertiary/aromatic N) is 1. The van der Waals surface area contributed by atoms with E-state index in [2.05, 4.69) is 4.98 Å². The maximum absolute atomic E-state index is 10.3. The molecule has 0 saturated heterocycles. The molecule has 0 amide bonds. The number of aliphatic hydroxyl groups excluding tert-OH is 1. The largest absolute Gasteiger partial charge is 0.490 e. The first-order valence-electron chi connectivity index (χ1n) is 6.59. The molecule has 1 saturated carbocycles. The monoisotopic (exact) mass is 255 g/mol. The Morgan fingerprint density at radius 3 is 2.79 bits per heavy atom. The lowest BCUT2D eigenvalue weighted by Gasteiger charge is -2.12. The van der Waals surface area contributed by atoms with Gasteiger partial charge in [-0.05, 0) is 49.1 Å². The fraction of sp³-hybridized carbons (Fsp3) is 0.312. The summed E-state index contributed by atoms with van der Waals surface area (Å²) in [6.45, 7) is 1.98. The second kappa shape index (κ2) is 5.02. The van der Waals surface area contributed by atoms with Crippen molar-refractivity contribution in [1.29, 1.82) is 0 Å². The van der Waals surface area contributed by atoms with Gasteiger partial charge in [-0.3, -0.25) is 4.98 Å². The molecular weight excluding hydrogens is 238 g/mol. The number of hydrogen-bond donors (Lipinski definition) is 1. The van der Waals surface area contributed by atoms with Crippen LogP contribution in [0.3, 0.4) is 0 Å². The summed E-state index contributed by atoms with van der Waals surface area (Å²) in [5, 5.41) is 10.3. The Kier molecular flexibility index (Phi) is 3.22. The molecule has 3 rings (SSSR count). The molecule has 0 spiro atoms. The van der Waals surface area contributed by atoms with Gasteiger partial charge in [0.25, 0.3) is 0 Å². The average Bonchev–Trinajstić information content (AvgIpc) is 3.23. The number of aromatic nitrogens is 1. The number of pyridine rings is 1. The lowest BCUT2D eigenvalue weighted by Crippen LogP contribution is -2.03. The number of hydrogen-bond acceptors (Lipinski definition) is 3. The van der Waals surface area contributed by atoms with E-state index in [0.717, 1.165) is 29.7 Å². The highest BCUT2D eigenvalue weighted by molar-refractivity contribution is 5.34. The standard InChI is InChI=1S/C16H17NO2/c1-11-5-8-15(17-10-11)16(18)12-3-2-4-14(9-12)19-13-6-7-13/h2-5,8-10,13,16,18H,6-7H2,1H3. The summed E-state index contributed by atoms with van der Waals surface area (Å²) in [5.41, 5.74) is 2.56. The quantitative estimate of drug-likeness (QED) is 0.913. The van der Waals surface area contributed by atoms with E-state index >= 15 is 0 Å². The minimum atomic E-state index is -0.705. The van der Waals surface area contributed by atoms with E-state index in [9.17, 15) is 5.11 Å². The summed E-state index contributed by atoms with van der Waals surface area (Å²) >= 11 is 0. The van der Waals surface area contributed by atoms with Gasteiger partial charge >= 0.3 is 0 Å². The first-order valence-corrected chi connectivity index (χ1v) is 6.59. The van der Waals surface area contributed by atoms with Crippen LogP contribution in [-0.2, 0) is 0 Å². The maximum atomic E-state index is 10.3. The van der Waals surface area contributed by atoms with Gasteiger partial charge in [0.15, 0.2) is 0 Å². The molecule has 19 heavy (non-hydrogen) atoms. The van der Waals surface area contributed by atoms with Crippen molar-refractivity contribution in [1.82, 2.24) is 4.98 Å². The molecule has 1 aromatic heterocycles. The molecule has 1 N–H and O–H groups in total. The SMILES string of the molecule is Cc1ccc(C(O)c2cccc(OC3CC3)c2)nc1. The summed E-state index contributed by atoms with van der Waals surface area (Å²) in [5.74, 6) is 0.825. The summed E-state index contributed by atoms with van der Waals surface area (Å²) in [6, 6.07) is 11.4. The zero-order valence-corrected chi connectivity index (χ0v) is 10.9.